The van der Waals surface area contributed by atoms with E-state index in [0.717, 1.165) is 42.9 Å². The summed E-state index contributed by atoms with van der Waals surface area (Å²) < 4.78 is 10.9. The highest BCUT2D eigenvalue weighted by Crippen LogP contribution is 2.50. The van der Waals surface area contributed by atoms with Crippen LogP contribution in [0.2, 0.25) is 0 Å². The normalized spacial score (nSPS) is 26.6. The first-order valence-corrected chi connectivity index (χ1v) is 10.8. The van der Waals surface area contributed by atoms with Crippen molar-refractivity contribution in [3.63, 3.8) is 0 Å². The minimum atomic E-state index is -0.0240. The van der Waals surface area contributed by atoms with Crippen molar-refractivity contribution in [3.05, 3.63) is 71.3 Å². The molecular formula is C25H28N2O3. The molecule has 2 heterocycles. The van der Waals surface area contributed by atoms with Gasteiger partial charge in [0.15, 0.2) is 0 Å². The fraction of sp³-hybridized carbons (Fsp3) is 0.400. The fourth-order valence-corrected chi connectivity index (χ4v) is 4.99. The molecule has 1 fully saturated rings. The molecule has 0 spiro atoms. The first-order valence-electron chi connectivity index (χ1n) is 10.8. The van der Waals surface area contributed by atoms with E-state index in [1.807, 2.05) is 18.2 Å². The number of nitrogens with one attached hydrogen (secondary N) is 2. The molecule has 2 aliphatic heterocycles. The van der Waals surface area contributed by atoms with E-state index >= 15 is 0 Å². The number of benzene rings is 2. The van der Waals surface area contributed by atoms with Crippen LogP contribution in [0.5, 0.6) is 5.75 Å². The molecule has 1 aliphatic carbocycles. The van der Waals surface area contributed by atoms with Gasteiger partial charge in [0.05, 0.1) is 19.3 Å². The van der Waals surface area contributed by atoms with Gasteiger partial charge in [0.2, 0.25) is 0 Å². The molecule has 4 atom stereocenters. The van der Waals surface area contributed by atoms with E-state index in [0.29, 0.717) is 18.4 Å². The van der Waals surface area contributed by atoms with Crippen LogP contribution in [0, 0.1) is 5.92 Å². The molecule has 0 saturated carbocycles. The van der Waals surface area contributed by atoms with Gasteiger partial charge in [0, 0.05) is 30.3 Å². The second kappa shape index (κ2) is 8.15. The summed E-state index contributed by atoms with van der Waals surface area (Å²) in [5.41, 5.74) is 4.30. The van der Waals surface area contributed by atoms with Gasteiger partial charge in [0.1, 0.15) is 5.75 Å². The quantitative estimate of drug-likeness (QED) is 0.724. The minimum absolute atomic E-state index is 0.0240. The SMILES string of the molecule is COc1ccc(C2Nc3ccc(C(=O)NCC4CCCO4)cc3C3C=CCC32)cc1. The van der Waals surface area contributed by atoms with Crippen molar-refractivity contribution in [1.82, 2.24) is 5.32 Å². The number of ether oxygens (including phenoxy) is 2. The van der Waals surface area contributed by atoms with E-state index < -0.39 is 0 Å². The maximum Gasteiger partial charge on any atom is 0.251 e. The Hall–Kier alpha value is -2.79. The van der Waals surface area contributed by atoms with E-state index in [2.05, 4.69) is 47.1 Å². The van der Waals surface area contributed by atoms with E-state index in [-0.39, 0.29) is 18.1 Å². The van der Waals surface area contributed by atoms with Crippen molar-refractivity contribution >= 4 is 11.6 Å². The molecule has 1 amide bonds. The number of carbonyl (C=O) groups excluding carboxylic acids is 1. The zero-order chi connectivity index (χ0) is 20.5. The van der Waals surface area contributed by atoms with Gasteiger partial charge in [-0.25, -0.2) is 0 Å². The molecule has 5 nitrogen and oxygen atoms in total. The third kappa shape index (κ3) is 3.58. The van der Waals surface area contributed by atoms with Crippen LogP contribution in [0.4, 0.5) is 5.69 Å². The lowest BCUT2D eigenvalue weighted by Crippen LogP contribution is -2.32. The Bertz CT molecular complexity index is 947. The average molecular weight is 405 g/mol. The molecule has 4 unspecified atom stereocenters. The van der Waals surface area contributed by atoms with Gasteiger partial charge < -0.3 is 20.1 Å². The summed E-state index contributed by atoms with van der Waals surface area (Å²) in [6.07, 6.45) is 7.86. The van der Waals surface area contributed by atoms with Crippen molar-refractivity contribution in [2.75, 3.05) is 25.6 Å². The fourth-order valence-electron chi connectivity index (χ4n) is 4.99. The smallest absolute Gasteiger partial charge is 0.251 e. The lowest BCUT2D eigenvalue weighted by atomic mass is 9.76. The molecule has 0 aromatic heterocycles. The number of fused-ring (bicyclic) bond motifs is 3. The third-order valence-corrected chi connectivity index (χ3v) is 6.61. The van der Waals surface area contributed by atoms with Gasteiger partial charge >= 0.3 is 0 Å². The lowest BCUT2D eigenvalue weighted by molar-refractivity contribution is 0.0857. The van der Waals surface area contributed by atoms with Crippen LogP contribution in [0.3, 0.4) is 0 Å². The van der Waals surface area contributed by atoms with Gasteiger partial charge in [-0.3, -0.25) is 4.79 Å². The molecular weight excluding hydrogens is 376 g/mol. The Kier molecular flexibility index (Phi) is 5.21. The molecule has 5 heteroatoms. The third-order valence-electron chi connectivity index (χ3n) is 6.61. The molecule has 0 bridgehead atoms. The first kappa shape index (κ1) is 19.2. The number of anilines is 1. The van der Waals surface area contributed by atoms with Gasteiger partial charge in [0.25, 0.3) is 5.91 Å². The second-order valence-corrected chi connectivity index (χ2v) is 8.40. The number of rotatable bonds is 5. The van der Waals surface area contributed by atoms with Crippen LogP contribution >= 0.6 is 0 Å². The topological polar surface area (TPSA) is 59.6 Å². The van der Waals surface area contributed by atoms with Crippen molar-refractivity contribution in [2.45, 2.75) is 37.3 Å². The van der Waals surface area contributed by atoms with E-state index in [9.17, 15) is 4.79 Å². The Balaban J connectivity index is 1.37. The van der Waals surface area contributed by atoms with Gasteiger partial charge in [-0.05, 0) is 66.6 Å². The predicted molar refractivity (Wildman–Crippen MR) is 117 cm³/mol. The molecule has 3 aliphatic rings. The summed E-state index contributed by atoms with van der Waals surface area (Å²) in [7, 11) is 1.69. The predicted octanol–water partition coefficient (Wildman–Crippen LogP) is 4.43. The maximum absolute atomic E-state index is 12.7. The summed E-state index contributed by atoms with van der Waals surface area (Å²) in [5, 5.41) is 6.77. The van der Waals surface area contributed by atoms with Gasteiger partial charge in [-0.1, -0.05) is 24.3 Å². The zero-order valence-corrected chi connectivity index (χ0v) is 17.3. The van der Waals surface area contributed by atoms with Crippen molar-refractivity contribution in [2.24, 2.45) is 5.92 Å². The van der Waals surface area contributed by atoms with Crippen molar-refractivity contribution in [1.29, 1.82) is 0 Å². The molecule has 2 N–H and O–H groups in total. The van der Waals surface area contributed by atoms with Crippen molar-refractivity contribution < 1.29 is 14.3 Å². The Morgan fingerprint density at radius 2 is 2.10 bits per heavy atom. The Morgan fingerprint density at radius 1 is 1.23 bits per heavy atom. The van der Waals surface area contributed by atoms with Crippen LogP contribution in [0.1, 0.15) is 52.7 Å². The van der Waals surface area contributed by atoms with E-state index in [1.54, 1.807) is 7.11 Å². The second-order valence-electron chi connectivity index (χ2n) is 8.40. The summed E-state index contributed by atoms with van der Waals surface area (Å²) >= 11 is 0. The highest BCUT2D eigenvalue weighted by atomic mass is 16.5. The monoisotopic (exact) mass is 404 g/mol. The lowest BCUT2D eigenvalue weighted by Gasteiger charge is -2.37. The van der Waals surface area contributed by atoms with Crippen LogP contribution in [0.15, 0.2) is 54.6 Å². The van der Waals surface area contributed by atoms with Crippen LogP contribution in [0.25, 0.3) is 0 Å². The summed E-state index contributed by atoms with van der Waals surface area (Å²) in [5.74, 6) is 1.61. The summed E-state index contributed by atoms with van der Waals surface area (Å²) in [6, 6.07) is 14.6. The number of allylic oxidation sites excluding steroid dienone is 2. The van der Waals surface area contributed by atoms with E-state index in [4.69, 9.17) is 9.47 Å². The number of hydrogen-bond donors (Lipinski definition) is 2. The molecule has 5 rings (SSSR count). The van der Waals surface area contributed by atoms with Crippen molar-refractivity contribution in [3.8, 4) is 5.75 Å². The number of hydrogen-bond acceptors (Lipinski definition) is 4. The Morgan fingerprint density at radius 3 is 2.87 bits per heavy atom. The number of methoxy groups -OCH3 is 1. The van der Waals surface area contributed by atoms with E-state index in [1.165, 1.54) is 11.1 Å². The van der Waals surface area contributed by atoms with Gasteiger partial charge in [-0.2, -0.15) is 0 Å². The minimum Gasteiger partial charge on any atom is -0.497 e. The van der Waals surface area contributed by atoms with Crippen LogP contribution in [-0.4, -0.2) is 32.3 Å². The van der Waals surface area contributed by atoms with Gasteiger partial charge in [-0.15, -0.1) is 0 Å². The number of amides is 1. The largest absolute Gasteiger partial charge is 0.497 e. The maximum atomic E-state index is 12.7. The molecule has 2 aromatic rings. The molecule has 1 saturated heterocycles. The number of carbonyl (C=O) groups is 1. The first-order chi connectivity index (χ1) is 14.7. The molecule has 2 aromatic carbocycles. The standard InChI is InChI=1S/C25H28N2O3/c1-29-18-10-7-16(8-11-18)24-21-6-2-5-20(21)22-14-17(9-12-23(22)27-24)25(28)26-15-19-4-3-13-30-19/h2,5,7-12,14,19-21,24,27H,3-4,6,13,15H2,1H3,(H,26,28). The summed E-state index contributed by atoms with van der Waals surface area (Å²) in [4.78, 5) is 12.7. The molecule has 0 radical (unpaired) electrons. The Labute approximate surface area is 177 Å². The zero-order valence-electron chi connectivity index (χ0n) is 17.3. The highest BCUT2D eigenvalue weighted by Gasteiger charge is 2.38. The summed E-state index contributed by atoms with van der Waals surface area (Å²) in [6.45, 7) is 1.38. The highest BCUT2D eigenvalue weighted by molar-refractivity contribution is 5.95. The van der Waals surface area contributed by atoms with Crippen LogP contribution < -0.4 is 15.4 Å². The molecule has 30 heavy (non-hydrogen) atoms. The molecule has 156 valence electrons. The van der Waals surface area contributed by atoms with Crippen LogP contribution in [-0.2, 0) is 4.74 Å². The average Bonchev–Trinajstić information content (AvgIpc) is 3.49.